The molecule has 4 aromatic rings. The number of aromatic nitrogens is 1. The summed E-state index contributed by atoms with van der Waals surface area (Å²) in [4.78, 5) is 18.5. The van der Waals surface area contributed by atoms with Crippen LogP contribution in [-0.2, 0) is 29.7 Å². The molecule has 1 aromatic heterocycles. The number of benzene rings is 3. The summed E-state index contributed by atoms with van der Waals surface area (Å²) >= 11 is 0. The number of nitrogens with one attached hydrogen (secondary N) is 1. The molecule has 234 valence electrons. The van der Waals surface area contributed by atoms with Gasteiger partial charge in [-0.05, 0) is 98.5 Å². The van der Waals surface area contributed by atoms with Crippen molar-refractivity contribution in [2.24, 2.45) is 7.05 Å². The molecule has 2 aliphatic rings. The highest BCUT2D eigenvalue weighted by atomic mass is 16.5. The van der Waals surface area contributed by atoms with E-state index in [1.807, 2.05) is 37.3 Å². The Bertz CT molecular complexity index is 1630. The van der Waals surface area contributed by atoms with Crippen LogP contribution >= 0.6 is 0 Å². The highest BCUT2D eigenvalue weighted by molar-refractivity contribution is 6.07. The van der Waals surface area contributed by atoms with E-state index in [0.29, 0.717) is 19.1 Å². The normalized spacial score (nSPS) is 15.4. The van der Waals surface area contributed by atoms with Crippen molar-refractivity contribution < 1.29 is 14.3 Å². The number of para-hydroxylation sites is 1. The fourth-order valence-electron chi connectivity index (χ4n) is 6.40. The van der Waals surface area contributed by atoms with E-state index in [1.54, 1.807) is 0 Å². The van der Waals surface area contributed by atoms with Gasteiger partial charge in [-0.15, -0.1) is 0 Å². The molecule has 0 atom stereocenters. The minimum absolute atomic E-state index is 0.0612. The largest absolute Gasteiger partial charge is 0.493 e. The van der Waals surface area contributed by atoms with Crippen molar-refractivity contribution in [2.75, 3.05) is 43.6 Å². The van der Waals surface area contributed by atoms with Gasteiger partial charge in [-0.25, -0.2) is 0 Å². The highest BCUT2D eigenvalue weighted by Crippen LogP contribution is 2.36. The zero-order valence-electron chi connectivity index (χ0n) is 26.7. The zero-order chi connectivity index (χ0) is 31.2. The van der Waals surface area contributed by atoms with Gasteiger partial charge in [0.05, 0.1) is 13.2 Å². The molecule has 0 aliphatic carbocycles. The first-order valence-electron chi connectivity index (χ1n) is 16.1. The number of hydrogen-bond acceptors (Lipinski definition) is 5. The van der Waals surface area contributed by atoms with E-state index in [1.165, 1.54) is 11.3 Å². The second-order valence-electron chi connectivity index (χ2n) is 12.1. The molecular weight excluding hydrogens is 560 g/mol. The fourth-order valence-corrected chi connectivity index (χ4v) is 6.40. The molecule has 2 aliphatic heterocycles. The number of hydrogen-bond donors (Lipinski definition) is 1. The molecule has 7 nitrogen and oxygen atoms in total. The molecule has 1 saturated heterocycles. The average molecular weight is 605 g/mol. The number of nitrogens with zero attached hydrogens (tertiary/aromatic N) is 3. The van der Waals surface area contributed by atoms with Gasteiger partial charge in [-0.1, -0.05) is 36.4 Å². The van der Waals surface area contributed by atoms with E-state index in [9.17, 15) is 4.79 Å². The summed E-state index contributed by atoms with van der Waals surface area (Å²) in [6.07, 6.45) is 6.94. The maximum absolute atomic E-state index is 13.7. The van der Waals surface area contributed by atoms with Crippen LogP contribution in [0.15, 0.2) is 90.6 Å². The van der Waals surface area contributed by atoms with Gasteiger partial charge in [-0.2, -0.15) is 0 Å². The number of aryl methyl sites for hydroxylation is 1. The van der Waals surface area contributed by atoms with Gasteiger partial charge in [0.1, 0.15) is 5.75 Å². The third-order valence-electron chi connectivity index (χ3n) is 9.00. The molecule has 3 aromatic carbocycles. The first-order valence-corrected chi connectivity index (χ1v) is 16.1. The Morgan fingerprint density at radius 1 is 1.02 bits per heavy atom. The van der Waals surface area contributed by atoms with Gasteiger partial charge in [0, 0.05) is 73.8 Å². The van der Waals surface area contributed by atoms with E-state index < -0.39 is 0 Å². The van der Waals surface area contributed by atoms with E-state index in [0.717, 1.165) is 85.1 Å². The molecule has 0 spiro atoms. The molecule has 1 fully saturated rings. The lowest BCUT2D eigenvalue weighted by atomic mass is 9.99. The highest BCUT2D eigenvalue weighted by Gasteiger charge is 2.22. The Hall–Kier alpha value is -4.33. The van der Waals surface area contributed by atoms with E-state index in [2.05, 4.69) is 94.6 Å². The van der Waals surface area contributed by atoms with Crippen LogP contribution in [0.4, 0.5) is 11.4 Å². The van der Waals surface area contributed by atoms with Crippen LogP contribution in [0.2, 0.25) is 0 Å². The number of carbonyl (C=O) groups is 1. The van der Waals surface area contributed by atoms with Gasteiger partial charge in [0.15, 0.2) is 0 Å². The van der Waals surface area contributed by atoms with Gasteiger partial charge < -0.3 is 24.3 Å². The van der Waals surface area contributed by atoms with Crippen molar-refractivity contribution in [3.63, 3.8) is 0 Å². The molecule has 1 amide bonds. The lowest BCUT2D eigenvalue weighted by Crippen LogP contribution is -2.36. The molecule has 6 rings (SSSR count). The first-order chi connectivity index (χ1) is 22.0. The van der Waals surface area contributed by atoms with Gasteiger partial charge in [-0.3, -0.25) is 9.69 Å². The quantitative estimate of drug-likeness (QED) is 0.209. The third kappa shape index (κ3) is 7.32. The molecule has 0 bridgehead atoms. The van der Waals surface area contributed by atoms with Crippen LogP contribution in [0.3, 0.4) is 0 Å². The molecule has 0 unspecified atom stereocenters. The van der Waals surface area contributed by atoms with Crippen LogP contribution in [0, 0.1) is 0 Å². The number of fused-ring (bicyclic) bond motifs is 1. The number of carbonyl (C=O) groups excluding carboxylic acids is 1. The van der Waals surface area contributed by atoms with Crippen LogP contribution in [0.1, 0.15) is 43.0 Å². The standard InChI is InChI=1S/C38H44N4O3/c1-4-45-37-10-6-5-9-35(37)29-13-16-36-31(24-29)25-30(17-21-42(36)27-34-8-7-20-40(34)2)38(43)39-32-14-11-28(12-15-32)26-41(3)33-18-22-44-23-19-33/h5-16,20,24-25,33H,4,17-19,21-23,26-27H2,1-3H3,(H,39,43). The fraction of sp³-hybridized carbons (Fsp3) is 0.342. The Morgan fingerprint density at radius 2 is 1.82 bits per heavy atom. The Labute approximate surface area is 267 Å². The number of anilines is 2. The Balaban J connectivity index is 1.23. The molecule has 7 heteroatoms. The van der Waals surface area contributed by atoms with Crippen LogP contribution in [-0.4, -0.2) is 54.8 Å². The summed E-state index contributed by atoms with van der Waals surface area (Å²) in [7, 11) is 4.26. The number of rotatable bonds is 10. The smallest absolute Gasteiger partial charge is 0.251 e. The maximum atomic E-state index is 13.7. The van der Waals surface area contributed by atoms with Gasteiger partial charge in [0.2, 0.25) is 0 Å². The van der Waals surface area contributed by atoms with Crippen molar-refractivity contribution in [1.82, 2.24) is 9.47 Å². The maximum Gasteiger partial charge on any atom is 0.251 e. The molecular formula is C38H44N4O3. The minimum Gasteiger partial charge on any atom is -0.493 e. The molecule has 45 heavy (non-hydrogen) atoms. The van der Waals surface area contributed by atoms with E-state index in [-0.39, 0.29) is 5.91 Å². The predicted molar refractivity (Wildman–Crippen MR) is 182 cm³/mol. The Morgan fingerprint density at radius 3 is 2.58 bits per heavy atom. The summed E-state index contributed by atoms with van der Waals surface area (Å²) in [6.45, 7) is 6.67. The lowest BCUT2D eigenvalue weighted by Gasteiger charge is -2.31. The topological polar surface area (TPSA) is 59.0 Å². The summed E-state index contributed by atoms with van der Waals surface area (Å²) in [5, 5.41) is 3.18. The van der Waals surface area contributed by atoms with Crippen molar-refractivity contribution in [3.05, 3.63) is 107 Å². The third-order valence-corrected chi connectivity index (χ3v) is 9.00. The number of ether oxygens (including phenoxy) is 2. The summed E-state index contributed by atoms with van der Waals surface area (Å²) in [5.74, 6) is 0.799. The SMILES string of the molecule is CCOc1ccccc1-c1ccc2c(c1)C=C(C(=O)Nc1ccc(CN(C)C3CCOCC3)cc1)CCN2Cc1cccn1C. The average Bonchev–Trinajstić information content (AvgIpc) is 3.38. The second kappa shape index (κ2) is 14.2. The monoisotopic (exact) mass is 604 g/mol. The van der Waals surface area contributed by atoms with Crippen molar-refractivity contribution >= 4 is 23.4 Å². The second-order valence-corrected chi connectivity index (χ2v) is 12.1. The van der Waals surface area contributed by atoms with Crippen LogP contribution < -0.4 is 15.0 Å². The van der Waals surface area contributed by atoms with Crippen LogP contribution in [0.5, 0.6) is 5.75 Å². The van der Waals surface area contributed by atoms with Crippen molar-refractivity contribution in [3.8, 4) is 16.9 Å². The Kier molecular flexibility index (Phi) is 9.67. The molecule has 1 N–H and O–H groups in total. The zero-order valence-corrected chi connectivity index (χ0v) is 26.7. The van der Waals surface area contributed by atoms with Crippen molar-refractivity contribution in [1.29, 1.82) is 0 Å². The summed E-state index contributed by atoms with van der Waals surface area (Å²) < 4.78 is 13.6. The van der Waals surface area contributed by atoms with Crippen LogP contribution in [0.25, 0.3) is 17.2 Å². The van der Waals surface area contributed by atoms with Gasteiger partial charge >= 0.3 is 0 Å². The molecule has 0 saturated carbocycles. The first kappa shape index (κ1) is 30.7. The van der Waals surface area contributed by atoms with E-state index >= 15 is 0 Å². The van der Waals surface area contributed by atoms with Crippen molar-refractivity contribution in [2.45, 2.75) is 45.3 Å². The van der Waals surface area contributed by atoms with Gasteiger partial charge in [0.25, 0.3) is 5.91 Å². The molecule has 3 heterocycles. The number of amides is 1. The van der Waals surface area contributed by atoms with E-state index in [4.69, 9.17) is 9.47 Å². The minimum atomic E-state index is -0.0612. The predicted octanol–water partition coefficient (Wildman–Crippen LogP) is 7.13. The summed E-state index contributed by atoms with van der Waals surface area (Å²) in [5.41, 5.74) is 8.30. The molecule has 0 radical (unpaired) electrons. The lowest BCUT2D eigenvalue weighted by molar-refractivity contribution is -0.112. The summed E-state index contributed by atoms with van der Waals surface area (Å²) in [6, 6.07) is 27.7.